The number of amides is 1. The van der Waals surface area contributed by atoms with E-state index in [0.29, 0.717) is 12.8 Å². The summed E-state index contributed by atoms with van der Waals surface area (Å²) in [7, 11) is 0. The fourth-order valence-corrected chi connectivity index (χ4v) is 0.928. The van der Waals surface area contributed by atoms with Gasteiger partial charge in [-0.25, -0.2) is 5.84 Å². The number of carbonyl (C=O) groups is 1. The molecule has 1 aromatic rings. The van der Waals surface area contributed by atoms with E-state index in [1.54, 1.807) is 0 Å². The lowest BCUT2D eigenvalue weighted by atomic mass is 10.2. The Morgan fingerprint density at radius 2 is 2.31 bits per heavy atom. The van der Waals surface area contributed by atoms with Gasteiger partial charge in [0.1, 0.15) is 11.5 Å². The van der Waals surface area contributed by atoms with Crippen LogP contribution in [0.5, 0.6) is 0 Å². The van der Waals surface area contributed by atoms with Crippen molar-refractivity contribution in [3.63, 3.8) is 0 Å². The average molecular weight is 205 g/mol. The minimum atomic E-state index is -0.177. The summed E-state index contributed by atoms with van der Waals surface area (Å²) in [5.74, 6) is 6.41. The van der Waals surface area contributed by atoms with Crippen LogP contribution in [0.25, 0.3) is 0 Å². The Kier molecular flexibility index (Phi) is 5.18. The number of rotatable bonds is 3. The van der Waals surface area contributed by atoms with Crippen molar-refractivity contribution in [1.82, 2.24) is 5.43 Å². The van der Waals surface area contributed by atoms with Gasteiger partial charge < -0.3 is 4.42 Å². The molecule has 0 unspecified atom stereocenters. The van der Waals surface area contributed by atoms with E-state index >= 15 is 0 Å². The highest BCUT2D eigenvalue weighted by Crippen LogP contribution is 2.07. The van der Waals surface area contributed by atoms with Gasteiger partial charge in [-0.2, -0.15) is 0 Å². The maximum Gasteiger partial charge on any atom is 0.234 e. The molecule has 3 N–H and O–H groups in total. The number of hydrogen-bond donors (Lipinski definition) is 2. The van der Waals surface area contributed by atoms with Crippen molar-refractivity contribution >= 4 is 18.3 Å². The van der Waals surface area contributed by atoms with Gasteiger partial charge in [-0.15, -0.1) is 12.4 Å². The summed E-state index contributed by atoms with van der Waals surface area (Å²) >= 11 is 0. The Morgan fingerprint density at radius 3 is 2.77 bits per heavy atom. The molecule has 1 amide bonds. The van der Waals surface area contributed by atoms with E-state index in [4.69, 9.17) is 10.3 Å². The molecule has 0 radical (unpaired) electrons. The zero-order valence-corrected chi connectivity index (χ0v) is 8.19. The fourth-order valence-electron chi connectivity index (χ4n) is 0.928. The van der Waals surface area contributed by atoms with E-state index in [-0.39, 0.29) is 18.3 Å². The van der Waals surface area contributed by atoms with Crippen LogP contribution in [0.1, 0.15) is 17.9 Å². The van der Waals surface area contributed by atoms with Gasteiger partial charge in [-0.1, -0.05) is 0 Å². The van der Waals surface area contributed by atoms with Gasteiger partial charge in [0, 0.05) is 12.8 Å². The van der Waals surface area contributed by atoms with E-state index in [9.17, 15) is 4.79 Å². The third-order valence-electron chi connectivity index (χ3n) is 1.56. The molecular formula is C8H13ClN2O2. The summed E-state index contributed by atoms with van der Waals surface area (Å²) < 4.78 is 5.26. The first-order chi connectivity index (χ1) is 5.72. The normalized spacial score (nSPS) is 9.08. The Morgan fingerprint density at radius 1 is 1.62 bits per heavy atom. The molecular weight excluding hydrogens is 192 g/mol. The highest BCUT2D eigenvalue weighted by atomic mass is 35.5. The monoisotopic (exact) mass is 204 g/mol. The van der Waals surface area contributed by atoms with Gasteiger partial charge in [-0.3, -0.25) is 10.2 Å². The maximum atomic E-state index is 10.7. The number of carbonyl (C=O) groups excluding carboxylic acids is 1. The molecule has 1 rings (SSSR count). The van der Waals surface area contributed by atoms with Crippen LogP contribution < -0.4 is 11.3 Å². The number of nitrogens with two attached hydrogens (primary N) is 1. The fraction of sp³-hybridized carbons (Fsp3) is 0.375. The first kappa shape index (κ1) is 12.0. The predicted octanol–water partition coefficient (Wildman–Crippen LogP) is 0.932. The topological polar surface area (TPSA) is 68.3 Å². The number of nitrogens with one attached hydrogen (secondary N) is 1. The molecule has 0 aliphatic heterocycles. The lowest BCUT2D eigenvalue weighted by molar-refractivity contribution is -0.121. The molecule has 0 fully saturated rings. The van der Waals surface area contributed by atoms with Crippen LogP contribution >= 0.6 is 12.4 Å². The molecule has 5 heteroatoms. The highest BCUT2D eigenvalue weighted by molar-refractivity contribution is 5.85. The van der Waals surface area contributed by atoms with Crippen molar-refractivity contribution in [3.8, 4) is 0 Å². The predicted molar refractivity (Wildman–Crippen MR) is 51.3 cm³/mol. The lowest BCUT2D eigenvalue weighted by Crippen LogP contribution is -2.30. The molecule has 0 aliphatic rings. The van der Waals surface area contributed by atoms with Crippen LogP contribution in [-0.4, -0.2) is 5.91 Å². The van der Waals surface area contributed by atoms with E-state index in [0.717, 1.165) is 11.5 Å². The Bertz CT molecular complexity index is 273. The second-order valence-corrected chi connectivity index (χ2v) is 2.58. The number of aryl methyl sites for hydroxylation is 2. The number of halogens is 1. The van der Waals surface area contributed by atoms with Crippen LogP contribution in [0.4, 0.5) is 0 Å². The van der Waals surface area contributed by atoms with Gasteiger partial charge in [0.25, 0.3) is 0 Å². The van der Waals surface area contributed by atoms with Crippen LogP contribution in [0.2, 0.25) is 0 Å². The number of furan rings is 1. The largest absolute Gasteiger partial charge is 0.466 e. The van der Waals surface area contributed by atoms with Gasteiger partial charge in [0.15, 0.2) is 0 Å². The van der Waals surface area contributed by atoms with E-state index in [1.165, 1.54) is 0 Å². The molecule has 0 saturated heterocycles. The molecule has 0 aliphatic carbocycles. The second kappa shape index (κ2) is 5.61. The standard InChI is InChI=1S/C8H12N2O2.ClH/c1-6-2-3-7(12-6)4-5-8(11)10-9;/h2-3H,4-5,9H2,1H3,(H,10,11);1H. The lowest BCUT2D eigenvalue weighted by Gasteiger charge is -1.96. The van der Waals surface area contributed by atoms with Crippen LogP contribution in [-0.2, 0) is 11.2 Å². The summed E-state index contributed by atoms with van der Waals surface area (Å²) in [6.07, 6.45) is 0.959. The summed E-state index contributed by atoms with van der Waals surface area (Å²) in [6, 6.07) is 3.73. The van der Waals surface area contributed by atoms with Gasteiger partial charge >= 0.3 is 0 Å². The third kappa shape index (κ3) is 3.96. The molecule has 0 atom stereocenters. The molecule has 13 heavy (non-hydrogen) atoms. The minimum Gasteiger partial charge on any atom is -0.466 e. The zero-order valence-electron chi connectivity index (χ0n) is 7.37. The van der Waals surface area contributed by atoms with Crippen molar-refractivity contribution in [2.45, 2.75) is 19.8 Å². The van der Waals surface area contributed by atoms with Gasteiger partial charge in [0.2, 0.25) is 5.91 Å². The first-order valence-electron chi connectivity index (χ1n) is 3.77. The van der Waals surface area contributed by atoms with Crippen molar-refractivity contribution in [2.24, 2.45) is 5.84 Å². The van der Waals surface area contributed by atoms with E-state index < -0.39 is 0 Å². The summed E-state index contributed by atoms with van der Waals surface area (Å²) in [5.41, 5.74) is 2.06. The first-order valence-corrected chi connectivity index (χ1v) is 3.77. The highest BCUT2D eigenvalue weighted by Gasteiger charge is 2.02. The van der Waals surface area contributed by atoms with E-state index in [1.807, 2.05) is 19.1 Å². The summed E-state index contributed by atoms with van der Waals surface area (Å²) in [4.78, 5) is 10.7. The minimum absolute atomic E-state index is 0. The summed E-state index contributed by atoms with van der Waals surface area (Å²) in [5, 5.41) is 0. The molecule has 0 bridgehead atoms. The Balaban J connectivity index is 0.00000144. The van der Waals surface area contributed by atoms with Gasteiger partial charge in [0.05, 0.1) is 0 Å². The quantitative estimate of drug-likeness (QED) is 0.437. The van der Waals surface area contributed by atoms with Crippen molar-refractivity contribution < 1.29 is 9.21 Å². The van der Waals surface area contributed by atoms with Crippen molar-refractivity contribution in [3.05, 3.63) is 23.7 Å². The molecule has 0 saturated carbocycles. The molecule has 0 spiro atoms. The Hall–Kier alpha value is -1.00. The second-order valence-electron chi connectivity index (χ2n) is 2.58. The molecule has 1 heterocycles. The van der Waals surface area contributed by atoms with E-state index in [2.05, 4.69) is 5.43 Å². The molecule has 74 valence electrons. The van der Waals surface area contributed by atoms with Crippen molar-refractivity contribution in [2.75, 3.05) is 0 Å². The van der Waals surface area contributed by atoms with Crippen LogP contribution in [0, 0.1) is 6.92 Å². The zero-order chi connectivity index (χ0) is 8.97. The van der Waals surface area contributed by atoms with Crippen LogP contribution in [0.3, 0.4) is 0 Å². The van der Waals surface area contributed by atoms with Crippen LogP contribution in [0.15, 0.2) is 16.5 Å². The molecule has 4 nitrogen and oxygen atoms in total. The summed E-state index contributed by atoms with van der Waals surface area (Å²) in [6.45, 7) is 1.87. The maximum absolute atomic E-state index is 10.7. The molecule has 0 aromatic carbocycles. The number of hydrazine groups is 1. The third-order valence-corrected chi connectivity index (χ3v) is 1.56. The van der Waals surface area contributed by atoms with Gasteiger partial charge in [-0.05, 0) is 19.1 Å². The SMILES string of the molecule is Cc1ccc(CCC(=O)NN)o1.Cl. The number of hydrogen-bond acceptors (Lipinski definition) is 3. The average Bonchev–Trinajstić information content (AvgIpc) is 2.47. The van der Waals surface area contributed by atoms with Crippen molar-refractivity contribution in [1.29, 1.82) is 0 Å². The Labute approximate surface area is 82.9 Å². The smallest absolute Gasteiger partial charge is 0.234 e. The molecule has 1 aromatic heterocycles.